The van der Waals surface area contributed by atoms with E-state index in [4.69, 9.17) is 5.73 Å². The molecule has 0 spiro atoms. The first-order chi connectivity index (χ1) is 7.75. The summed E-state index contributed by atoms with van der Waals surface area (Å²) in [5, 5.41) is 0. The van der Waals surface area contributed by atoms with E-state index in [1.54, 1.807) is 12.3 Å². The highest BCUT2D eigenvalue weighted by Crippen LogP contribution is 2.38. The molecular formula is C12H15N3O. The third-order valence-electron chi connectivity index (χ3n) is 3.09. The van der Waals surface area contributed by atoms with Crippen molar-refractivity contribution in [2.24, 2.45) is 5.92 Å². The number of aromatic nitrogens is 1. The summed E-state index contributed by atoms with van der Waals surface area (Å²) >= 11 is 0. The third-order valence-corrected chi connectivity index (χ3v) is 3.09. The minimum atomic E-state index is 0.250. The molecule has 2 aliphatic carbocycles. The second kappa shape index (κ2) is 3.47. The van der Waals surface area contributed by atoms with E-state index in [2.05, 4.69) is 4.98 Å². The maximum Gasteiger partial charge on any atom is 0.231 e. The summed E-state index contributed by atoms with van der Waals surface area (Å²) in [4.78, 5) is 18.3. The molecule has 0 aromatic carbocycles. The lowest BCUT2D eigenvalue weighted by atomic mass is 10.3. The largest absolute Gasteiger partial charge is 0.397 e. The van der Waals surface area contributed by atoms with E-state index in [-0.39, 0.29) is 11.8 Å². The first-order valence-electron chi connectivity index (χ1n) is 5.80. The van der Waals surface area contributed by atoms with Gasteiger partial charge in [0.25, 0.3) is 0 Å². The molecule has 0 radical (unpaired) electrons. The van der Waals surface area contributed by atoms with Crippen LogP contribution in [-0.4, -0.2) is 16.9 Å². The van der Waals surface area contributed by atoms with Gasteiger partial charge in [0, 0.05) is 12.0 Å². The second-order valence-corrected chi connectivity index (χ2v) is 4.66. The van der Waals surface area contributed by atoms with Gasteiger partial charge in [-0.15, -0.1) is 0 Å². The molecule has 84 valence electrons. The summed E-state index contributed by atoms with van der Waals surface area (Å²) in [6, 6.07) is 4.02. The van der Waals surface area contributed by atoms with Crippen LogP contribution in [-0.2, 0) is 4.79 Å². The molecule has 4 nitrogen and oxygen atoms in total. The van der Waals surface area contributed by atoms with Crippen LogP contribution < -0.4 is 10.6 Å². The lowest BCUT2D eigenvalue weighted by Crippen LogP contribution is -2.34. The monoisotopic (exact) mass is 217 g/mol. The summed E-state index contributed by atoms with van der Waals surface area (Å²) in [6.45, 7) is 0. The van der Waals surface area contributed by atoms with Gasteiger partial charge in [0.05, 0.1) is 11.9 Å². The summed E-state index contributed by atoms with van der Waals surface area (Å²) < 4.78 is 0. The zero-order valence-electron chi connectivity index (χ0n) is 9.10. The molecule has 1 aromatic rings. The number of carbonyl (C=O) groups is 1. The van der Waals surface area contributed by atoms with E-state index in [0.29, 0.717) is 11.7 Å². The van der Waals surface area contributed by atoms with E-state index >= 15 is 0 Å². The SMILES string of the molecule is Nc1ccc(N(C(=O)C2CC2)C2CC2)nc1. The van der Waals surface area contributed by atoms with Gasteiger partial charge in [-0.2, -0.15) is 0 Å². The van der Waals surface area contributed by atoms with Crippen LogP contribution in [0.15, 0.2) is 18.3 Å². The van der Waals surface area contributed by atoms with Crippen molar-refractivity contribution in [1.29, 1.82) is 0 Å². The fourth-order valence-corrected chi connectivity index (χ4v) is 1.88. The number of anilines is 2. The Morgan fingerprint density at radius 2 is 2.06 bits per heavy atom. The fraction of sp³-hybridized carbons (Fsp3) is 0.500. The molecule has 3 rings (SSSR count). The molecule has 0 saturated heterocycles. The molecule has 1 heterocycles. The number of amides is 1. The van der Waals surface area contributed by atoms with Crippen LogP contribution >= 0.6 is 0 Å². The predicted molar refractivity (Wildman–Crippen MR) is 61.9 cm³/mol. The lowest BCUT2D eigenvalue weighted by Gasteiger charge is -2.21. The summed E-state index contributed by atoms with van der Waals surface area (Å²) in [5.41, 5.74) is 6.24. The van der Waals surface area contributed by atoms with Crippen molar-refractivity contribution in [3.8, 4) is 0 Å². The Morgan fingerprint density at radius 1 is 1.31 bits per heavy atom. The quantitative estimate of drug-likeness (QED) is 0.836. The van der Waals surface area contributed by atoms with E-state index in [1.807, 2.05) is 11.0 Å². The van der Waals surface area contributed by atoms with Crippen LogP contribution in [0.2, 0.25) is 0 Å². The topological polar surface area (TPSA) is 59.2 Å². The zero-order chi connectivity index (χ0) is 11.1. The van der Waals surface area contributed by atoms with E-state index in [1.165, 1.54) is 0 Å². The Labute approximate surface area is 94.5 Å². The molecule has 2 fully saturated rings. The predicted octanol–water partition coefficient (Wildman–Crippen LogP) is 1.57. The minimum Gasteiger partial charge on any atom is -0.397 e. The normalized spacial score (nSPS) is 19.5. The van der Waals surface area contributed by atoms with Crippen molar-refractivity contribution >= 4 is 17.4 Å². The molecule has 1 amide bonds. The van der Waals surface area contributed by atoms with E-state index in [0.717, 1.165) is 31.5 Å². The number of pyridine rings is 1. The number of nitrogens with zero attached hydrogens (tertiary/aromatic N) is 2. The number of hydrogen-bond acceptors (Lipinski definition) is 3. The standard InChI is InChI=1S/C12H15N3O/c13-9-3-6-11(14-7-9)15(10-4-5-10)12(16)8-1-2-8/h3,6-8,10H,1-2,4-5,13H2. The van der Waals surface area contributed by atoms with Gasteiger partial charge >= 0.3 is 0 Å². The first kappa shape index (κ1) is 9.63. The molecule has 16 heavy (non-hydrogen) atoms. The highest BCUT2D eigenvalue weighted by atomic mass is 16.2. The van der Waals surface area contributed by atoms with Crippen molar-refractivity contribution in [2.45, 2.75) is 31.7 Å². The molecule has 2 saturated carbocycles. The Hall–Kier alpha value is -1.58. The third kappa shape index (κ3) is 1.75. The molecule has 0 unspecified atom stereocenters. The smallest absolute Gasteiger partial charge is 0.231 e. The van der Waals surface area contributed by atoms with Crippen molar-refractivity contribution in [3.05, 3.63) is 18.3 Å². The molecule has 2 aliphatic rings. The van der Waals surface area contributed by atoms with Crippen molar-refractivity contribution in [2.75, 3.05) is 10.6 Å². The number of nitrogen functional groups attached to an aromatic ring is 1. The maximum atomic E-state index is 12.1. The Morgan fingerprint density at radius 3 is 2.56 bits per heavy atom. The Bertz CT molecular complexity index is 407. The fourth-order valence-electron chi connectivity index (χ4n) is 1.88. The molecule has 0 atom stereocenters. The summed E-state index contributed by atoms with van der Waals surface area (Å²) in [5.74, 6) is 1.26. The second-order valence-electron chi connectivity index (χ2n) is 4.66. The van der Waals surface area contributed by atoms with Gasteiger partial charge < -0.3 is 5.73 Å². The van der Waals surface area contributed by atoms with Crippen LogP contribution in [0.25, 0.3) is 0 Å². The van der Waals surface area contributed by atoms with Crippen LogP contribution in [0, 0.1) is 5.92 Å². The van der Waals surface area contributed by atoms with Gasteiger partial charge in [-0.05, 0) is 37.8 Å². The van der Waals surface area contributed by atoms with E-state index < -0.39 is 0 Å². The maximum absolute atomic E-state index is 12.1. The van der Waals surface area contributed by atoms with Gasteiger partial charge in [0.2, 0.25) is 5.91 Å². The van der Waals surface area contributed by atoms with Crippen molar-refractivity contribution in [1.82, 2.24) is 4.98 Å². The van der Waals surface area contributed by atoms with Gasteiger partial charge in [0.15, 0.2) is 0 Å². The van der Waals surface area contributed by atoms with Gasteiger partial charge in [0.1, 0.15) is 5.82 Å². The molecule has 4 heteroatoms. The molecular weight excluding hydrogens is 202 g/mol. The zero-order valence-corrected chi connectivity index (χ0v) is 9.10. The first-order valence-corrected chi connectivity index (χ1v) is 5.80. The molecule has 2 N–H and O–H groups in total. The average molecular weight is 217 g/mol. The minimum absolute atomic E-state index is 0.250. The number of carbonyl (C=O) groups excluding carboxylic acids is 1. The summed E-state index contributed by atoms with van der Waals surface area (Å²) in [6.07, 6.45) is 5.90. The van der Waals surface area contributed by atoms with Crippen LogP contribution in [0.3, 0.4) is 0 Å². The Balaban J connectivity index is 1.86. The van der Waals surface area contributed by atoms with Crippen LogP contribution in [0.4, 0.5) is 11.5 Å². The van der Waals surface area contributed by atoms with Crippen molar-refractivity contribution in [3.63, 3.8) is 0 Å². The molecule has 0 aliphatic heterocycles. The van der Waals surface area contributed by atoms with E-state index in [9.17, 15) is 4.79 Å². The van der Waals surface area contributed by atoms with Gasteiger partial charge in [-0.3, -0.25) is 9.69 Å². The Kier molecular flexibility index (Phi) is 2.09. The van der Waals surface area contributed by atoms with Crippen molar-refractivity contribution < 1.29 is 4.79 Å². The number of rotatable bonds is 3. The molecule has 1 aromatic heterocycles. The highest BCUT2D eigenvalue weighted by molar-refractivity contribution is 5.96. The van der Waals surface area contributed by atoms with Gasteiger partial charge in [-0.25, -0.2) is 4.98 Å². The van der Waals surface area contributed by atoms with Crippen LogP contribution in [0.1, 0.15) is 25.7 Å². The number of nitrogens with two attached hydrogens (primary N) is 1. The van der Waals surface area contributed by atoms with Gasteiger partial charge in [-0.1, -0.05) is 0 Å². The van der Waals surface area contributed by atoms with Crippen LogP contribution in [0.5, 0.6) is 0 Å². The lowest BCUT2D eigenvalue weighted by molar-refractivity contribution is -0.119. The molecule has 0 bridgehead atoms. The highest BCUT2D eigenvalue weighted by Gasteiger charge is 2.41. The summed E-state index contributed by atoms with van der Waals surface area (Å²) in [7, 11) is 0. The number of hydrogen-bond donors (Lipinski definition) is 1. The average Bonchev–Trinajstić information content (AvgIpc) is 3.15.